The summed E-state index contributed by atoms with van der Waals surface area (Å²) >= 11 is 5.21. The van der Waals surface area contributed by atoms with Crippen molar-refractivity contribution in [2.45, 2.75) is 37.6 Å². The predicted octanol–water partition coefficient (Wildman–Crippen LogP) is 4.56. The Morgan fingerprint density at radius 1 is 1.11 bits per heavy atom. The number of nitrogens with zero attached hydrogens (tertiary/aromatic N) is 1. The molecule has 4 heteroatoms. The van der Waals surface area contributed by atoms with Gasteiger partial charge >= 0.3 is 0 Å². The maximum Gasteiger partial charge on any atom is 0.123 e. The van der Waals surface area contributed by atoms with E-state index in [2.05, 4.69) is 45.6 Å². The van der Waals surface area contributed by atoms with Gasteiger partial charge in [0, 0.05) is 27.4 Å². The van der Waals surface area contributed by atoms with E-state index in [-0.39, 0.29) is 0 Å². The van der Waals surface area contributed by atoms with Crippen LogP contribution in [0.25, 0.3) is 10.6 Å². The molecule has 1 saturated carbocycles. The molecule has 1 aromatic carbocycles. The number of hydrogen-bond acceptors (Lipinski definition) is 3. The minimum atomic E-state index is 0.404. The molecule has 2 aromatic rings. The molecule has 0 saturated heterocycles. The minimum absolute atomic E-state index is 0.404. The Morgan fingerprint density at radius 3 is 2.47 bits per heavy atom. The summed E-state index contributed by atoms with van der Waals surface area (Å²) in [5, 5.41) is 3.34. The topological polar surface area (TPSA) is 38.9 Å². The summed E-state index contributed by atoms with van der Waals surface area (Å²) in [6.45, 7) is 0. The Kier molecular flexibility index (Phi) is 4.01. The number of thiazole rings is 1. The van der Waals surface area contributed by atoms with Crippen molar-refractivity contribution in [3.05, 3.63) is 39.8 Å². The molecule has 1 heterocycles. The second kappa shape index (κ2) is 5.73. The average Bonchev–Trinajstić information content (AvgIpc) is 2.90. The monoisotopic (exact) mass is 336 g/mol. The van der Waals surface area contributed by atoms with Crippen LogP contribution in [0.15, 0.2) is 34.1 Å². The molecule has 0 spiro atoms. The van der Waals surface area contributed by atoms with E-state index >= 15 is 0 Å². The van der Waals surface area contributed by atoms with Crippen molar-refractivity contribution in [2.24, 2.45) is 5.73 Å². The summed E-state index contributed by atoms with van der Waals surface area (Å²) in [5.41, 5.74) is 8.42. The Labute approximate surface area is 126 Å². The van der Waals surface area contributed by atoms with Crippen molar-refractivity contribution in [3.63, 3.8) is 0 Å². The van der Waals surface area contributed by atoms with E-state index in [4.69, 9.17) is 10.7 Å². The highest BCUT2D eigenvalue weighted by atomic mass is 79.9. The fourth-order valence-corrected chi connectivity index (χ4v) is 3.79. The first-order chi connectivity index (χ1) is 9.22. The van der Waals surface area contributed by atoms with Crippen LogP contribution in [0.2, 0.25) is 0 Å². The molecule has 0 aliphatic heterocycles. The third-order valence-corrected chi connectivity index (χ3v) is 5.24. The molecule has 0 radical (unpaired) electrons. The average molecular weight is 337 g/mol. The predicted molar refractivity (Wildman–Crippen MR) is 84.4 cm³/mol. The van der Waals surface area contributed by atoms with Crippen LogP contribution in [0.3, 0.4) is 0 Å². The quantitative estimate of drug-likeness (QED) is 0.873. The van der Waals surface area contributed by atoms with Crippen LogP contribution in [-0.2, 0) is 0 Å². The van der Waals surface area contributed by atoms with Crippen molar-refractivity contribution >= 4 is 27.3 Å². The van der Waals surface area contributed by atoms with Crippen LogP contribution in [0.4, 0.5) is 0 Å². The highest BCUT2D eigenvalue weighted by Crippen LogP contribution is 2.35. The molecule has 1 aromatic heterocycles. The molecule has 0 amide bonds. The van der Waals surface area contributed by atoms with Crippen LogP contribution in [0, 0.1) is 0 Å². The van der Waals surface area contributed by atoms with Crippen LogP contribution in [-0.4, -0.2) is 11.0 Å². The zero-order valence-corrected chi connectivity index (χ0v) is 13.1. The third-order valence-electron chi connectivity index (χ3n) is 3.80. The second-order valence-electron chi connectivity index (χ2n) is 5.20. The van der Waals surface area contributed by atoms with Gasteiger partial charge < -0.3 is 5.73 Å². The molecule has 1 aliphatic carbocycles. The SMILES string of the molecule is NC1CCC(c2csc(-c3ccc(Br)cc3)n2)CC1. The van der Waals surface area contributed by atoms with Gasteiger partial charge in [0.1, 0.15) is 5.01 Å². The number of hydrogen-bond donors (Lipinski definition) is 1. The van der Waals surface area contributed by atoms with Crippen molar-refractivity contribution in [2.75, 3.05) is 0 Å². The van der Waals surface area contributed by atoms with Gasteiger partial charge in [0.2, 0.25) is 0 Å². The standard InChI is InChI=1S/C15H17BrN2S/c16-12-5-1-11(2-6-12)15-18-14(9-19-15)10-3-7-13(17)8-4-10/h1-2,5-6,9-10,13H,3-4,7-8,17H2. The van der Waals surface area contributed by atoms with Crippen molar-refractivity contribution in [1.29, 1.82) is 0 Å². The van der Waals surface area contributed by atoms with Crippen LogP contribution < -0.4 is 5.73 Å². The van der Waals surface area contributed by atoms with E-state index in [0.717, 1.165) is 22.3 Å². The highest BCUT2D eigenvalue weighted by Gasteiger charge is 2.22. The zero-order valence-electron chi connectivity index (χ0n) is 10.7. The van der Waals surface area contributed by atoms with E-state index < -0.39 is 0 Å². The van der Waals surface area contributed by atoms with Gasteiger partial charge in [-0.15, -0.1) is 11.3 Å². The summed E-state index contributed by atoms with van der Waals surface area (Å²) in [6, 6.07) is 8.76. The van der Waals surface area contributed by atoms with Gasteiger partial charge in [0.05, 0.1) is 5.69 Å². The number of nitrogens with two attached hydrogens (primary N) is 1. The second-order valence-corrected chi connectivity index (χ2v) is 6.97. The molecule has 1 fully saturated rings. The molecule has 1 aliphatic rings. The lowest BCUT2D eigenvalue weighted by Crippen LogP contribution is -2.25. The Morgan fingerprint density at radius 2 is 1.79 bits per heavy atom. The number of aromatic nitrogens is 1. The zero-order chi connectivity index (χ0) is 13.2. The van der Waals surface area contributed by atoms with Gasteiger partial charge in [-0.05, 0) is 37.8 Å². The Hall–Kier alpha value is -0.710. The van der Waals surface area contributed by atoms with E-state index in [1.165, 1.54) is 24.1 Å². The molecule has 2 N–H and O–H groups in total. The van der Waals surface area contributed by atoms with Crippen LogP contribution in [0.1, 0.15) is 37.3 Å². The van der Waals surface area contributed by atoms with Crippen molar-refractivity contribution < 1.29 is 0 Å². The van der Waals surface area contributed by atoms with Crippen molar-refractivity contribution in [3.8, 4) is 10.6 Å². The third kappa shape index (κ3) is 3.07. The summed E-state index contributed by atoms with van der Waals surface area (Å²) in [6.07, 6.45) is 4.64. The Balaban J connectivity index is 1.77. The first-order valence-corrected chi connectivity index (χ1v) is 8.36. The van der Waals surface area contributed by atoms with Crippen molar-refractivity contribution in [1.82, 2.24) is 4.98 Å². The maximum absolute atomic E-state index is 5.96. The number of rotatable bonds is 2. The van der Waals surface area contributed by atoms with Gasteiger partial charge in [0.15, 0.2) is 0 Å². The Bertz CT molecular complexity index is 542. The molecule has 3 rings (SSSR count). The van der Waals surface area contributed by atoms with Gasteiger partial charge in [-0.1, -0.05) is 28.1 Å². The van der Waals surface area contributed by atoms with E-state index in [9.17, 15) is 0 Å². The summed E-state index contributed by atoms with van der Waals surface area (Å²) < 4.78 is 1.11. The minimum Gasteiger partial charge on any atom is -0.328 e. The lowest BCUT2D eigenvalue weighted by atomic mass is 9.85. The molecule has 19 heavy (non-hydrogen) atoms. The molecule has 100 valence electrons. The van der Waals surface area contributed by atoms with Gasteiger partial charge in [-0.2, -0.15) is 0 Å². The smallest absolute Gasteiger partial charge is 0.123 e. The summed E-state index contributed by atoms with van der Waals surface area (Å²) in [4.78, 5) is 4.82. The molecule has 2 nitrogen and oxygen atoms in total. The van der Waals surface area contributed by atoms with Crippen LogP contribution in [0.5, 0.6) is 0 Å². The van der Waals surface area contributed by atoms with E-state index in [1.807, 2.05) is 0 Å². The largest absolute Gasteiger partial charge is 0.328 e. The summed E-state index contributed by atoms with van der Waals surface area (Å²) in [5.74, 6) is 0.611. The highest BCUT2D eigenvalue weighted by molar-refractivity contribution is 9.10. The first-order valence-electron chi connectivity index (χ1n) is 6.69. The molecule has 0 atom stereocenters. The number of benzene rings is 1. The van der Waals surface area contributed by atoms with Crippen LogP contribution >= 0.6 is 27.3 Å². The summed E-state index contributed by atoms with van der Waals surface area (Å²) in [7, 11) is 0. The molecular formula is C15H17BrN2S. The fraction of sp³-hybridized carbons (Fsp3) is 0.400. The van der Waals surface area contributed by atoms with Gasteiger partial charge in [0.25, 0.3) is 0 Å². The van der Waals surface area contributed by atoms with Gasteiger partial charge in [-0.3, -0.25) is 0 Å². The van der Waals surface area contributed by atoms with E-state index in [1.54, 1.807) is 11.3 Å². The molecule has 0 unspecified atom stereocenters. The normalized spacial score (nSPS) is 23.5. The number of halogens is 1. The lowest BCUT2D eigenvalue weighted by Gasteiger charge is -2.24. The maximum atomic E-state index is 5.96. The molecule has 0 bridgehead atoms. The first kappa shape index (κ1) is 13.3. The lowest BCUT2D eigenvalue weighted by molar-refractivity contribution is 0.391. The van der Waals surface area contributed by atoms with Gasteiger partial charge in [-0.25, -0.2) is 4.98 Å². The molecular weight excluding hydrogens is 320 g/mol. The fourth-order valence-electron chi connectivity index (χ4n) is 2.61. The van der Waals surface area contributed by atoms with E-state index in [0.29, 0.717) is 12.0 Å².